The first kappa shape index (κ1) is 18.3. The van der Waals surface area contributed by atoms with Gasteiger partial charge in [0.1, 0.15) is 11.5 Å². The maximum absolute atomic E-state index is 9.14. The van der Waals surface area contributed by atoms with Crippen LogP contribution in [-0.2, 0) is 11.2 Å². The van der Waals surface area contributed by atoms with Gasteiger partial charge in [-0.25, -0.2) is 4.99 Å². The van der Waals surface area contributed by atoms with Crippen LogP contribution in [0, 0.1) is 13.8 Å². The standard InChI is InChI=1S/C23H25N3O2/c1-14-17(8-6-10-27)15(2)24-19(14)12-22-23(28-3)13-21(26-22)20-11-16-7-4-5-9-18(16)25-20/h4-5,7,9,11-13,24-25,27H,6,8,10H2,1-3H3/b22-12+. The highest BCUT2D eigenvalue weighted by molar-refractivity contribution is 6.13. The lowest BCUT2D eigenvalue weighted by Crippen LogP contribution is -1.93. The molecule has 5 nitrogen and oxygen atoms in total. The quantitative estimate of drug-likeness (QED) is 0.597. The monoisotopic (exact) mass is 375 g/mol. The Morgan fingerprint density at radius 3 is 2.75 bits per heavy atom. The summed E-state index contributed by atoms with van der Waals surface area (Å²) in [6.07, 6.45) is 5.63. The van der Waals surface area contributed by atoms with Gasteiger partial charge < -0.3 is 19.8 Å². The highest BCUT2D eigenvalue weighted by Crippen LogP contribution is 2.28. The summed E-state index contributed by atoms with van der Waals surface area (Å²) in [4.78, 5) is 11.7. The third-order valence-electron chi connectivity index (χ3n) is 5.28. The van der Waals surface area contributed by atoms with Crippen molar-refractivity contribution in [3.05, 3.63) is 76.1 Å². The number of benzene rings is 1. The van der Waals surface area contributed by atoms with E-state index in [0.29, 0.717) is 0 Å². The van der Waals surface area contributed by atoms with Crippen LogP contribution in [0.3, 0.4) is 0 Å². The van der Waals surface area contributed by atoms with Crippen molar-refractivity contribution in [2.24, 2.45) is 4.99 Å². The minimum absolute atomic E-state index is 0.204. The molecule has 1 aromatic carbocycles. The summed E-state index contributed by atoms with van der Waals surface area (Å²) in [5, 5.41) is 10.3. The van der Waals surface area contributed by atoms with Crippen molar-refractivity contribution >= 4 is 22.7 Å². The number of ether oxygens (including phenoxy) is 1. The highest BCUT2D eigenvalue weighted by Gasteiger charge is 2.19. The van der Waals surface area contributed by atoms with Gasteiger partial charge in [-0.05, 0) is 56.0 Å². The largest absolute Gasteiger partial charge is 0.494 e. The number of rotatable bonds is 6. The molecule has 5 heteroatoms. The van der Waals surface area contributed by atoms with E-state index in [9.17, 15) is 0 Å². The number of aliphatic hydroxyl groups is 1. The SMILES string of the molecule is COC1=CC(c2cc3ccccc3[nH]2)=N/C1=C/c1[nH]c(C)c(CCCO)c1C. The highest BCUT2D eigenvalue weighted by atomic mass is 16.5. The molecule has 1 aliphatic heterocycles. The summed E-state index contributed by atoms with van der Waals surface area (Å²) in [6.45, 7) is 4.38. The minimum Gasteiger partial charge on any atom is -0.494 e. The van der Waals surface area contributed by atoms with Gasteiger partial charge in [0.05, 0.1) is 18.5 Å². The number of methoxy groups -OCH3 is 1. The summed E-state index contributed by atoms with van der Waals surface area (Å²) in [5.41, 5.74) is 8.36. The second-order valence-corrected chi connectivity index (χ2v) is 7.10. The van der Waals surface area contributed by atoms with Crippen LogP contribution in [0.1, 0.15) is 34.6 Å². The lowest BCUT2D eigenvalue weighted by atomic mass is 10.0. The van der Waals surface area contributed by atoms with Crippen LogP contribution < -0.4 is 0 Å². The zero-order valence-corrected chi connectivity index (χ0v) is 16.5. The van der Waals surface area contributed by atoms with Crippen LogP contribution in [0.15, 0.2) is 52.9 Å². The van der Waals surface area contributed by atoms with Gasteiger partial charge in [0, 0.05) is 35.0 Å². The molecule has 2 aromatic heterocycles. The summed E-state index contributed by atoms with van der Waals surface area (Å²) < 4.78 is 5.58. The summed E-state index contributed by atoms with van der Waals surface area (Å²) >= 11 is 0. The molecule has 0 fully saturated rings. The first-order valence-corrected chi connectivity index (χ1v) is 9.54. The van der Waals surface area contributed by atoms with Crippen molar-refractivity contribution in [1.82, 2.24) is 9.97 Å². The zero-order chi connectivity index (χ0) is 19.7. The molecule has 0 saturated carbocycles. The molecule has 144 valence electrons. The van der Waals surface area contributed by atoms with Crippen molar-refractivity contribution in [2.45, 2.75) is 26.7 Å². The van der Waals surface area contributed by atoms with E-state index >= 15 is 0 Å². The van der Waals surface area contributed by atoms with Gasteiger partial charge in [0.25, 0.3) is 0 Å². The van der Waals surface area contributed by atoms with Crippen LogP contribution >= 0.6 is 0 Å². The van der Waals surface area contributed by atoms with Gasteiger partial charge >= 0.3 is 0 Å². The zero-order valence-electron chi connectivity index (χ0n) is 16.5. The molecule has 0 atom stereocenters. The first-order valence-electron chi connectivity index (χ1n) is 9.54. The number of H-pyrrole nitrogens is 2. The van der Waals surface area contributed by atoms with E-state index in [1.807, 2.05) is 24.3 Å². The molecule has 0 amide bonds. The maximum Gasteiger partial charge on any atom is 0.146 e. The van der Waals surface area contributed by atoms with Crippen molar-refractivity contribution in [3.63, 3.8) is 0 Å². The Kier molecular flexibility index (Phi) is 4.92. The number of fused-ring (bicyclic) bond motifs is 1. The van der Waals surface area contributed by atoms with Gasteiger partial charge in [-0.2, -0.15) is 0 Å². The molecule has 0 unspecified atom stereocenters. The van der Waals surface area contributed by atoms with Gasteiger partial charge in [-0.1, -0.05) is 18.2 Å². The average molecular weight is 375 g/mol. The van der Waals surface area contributed by atoms with E-state index in [2.05, 4.69) is 42.0 Å². The lowest BCUT2D eigenvalue weighted by molar-refractivity contribution is 0.288. The second-order valence-electron chi connectivity index (χ2n) is 7.10. The van der Waals surface area contributed by atoms with Crippen LogP contribution in [0.4, 0.5) is 0 Å². The predicted molar refractivity (Wildman–Crippen MR) is 114 cm³/mol. The first-order chi connectivity index (χ1) is 13.6. The van der Waals surface area contributed by atoms with Crippen LogP contribution in [0.25, 0.3) is 17.0 Å². The van der Waals surface area contributed by atoms with E-state index in [0.717, 1.165) is 58.0 Å². The summed E-state index contributed by atoms with van der Waals surface area (Å²) in [5.74, 6) is 0.747. The fraction of sp³-hybridized carbons (Fsp3) is 0.261. The van der Waals surface area contributed by atoms with E-state index < -0.39 is 0 Å². The van der Waals surface area contributed by atoms with Gasteiger partial charge in [-0.15, -0.1) is 0 Å². The molecule has 0 aliphatic carbocycles. The molecular formula is C23H25N3O2. The molecule has 1 aliphatic rings. The Hall–Kier alpha value is -3.05. The molecule has 0 spiro atoms. The lowest BCUT2D eigenvalue weighted by Gasteiger charge is -2.02. The van der Waals surface area contributed by atoms with E-state index in [4.69, 9.17) is 14.8 Å². The number of aryl methyl sites for hydroxylation is 1. The third kappa shape index (κ3) is 3.29. The maximum atomic E-state index is 9.14. The normalized spacial score (nSPS) is 15.4. The van der Waals surface area contributed by atoms with Crippen molar-refractivity contribution < 1.29 is 9.84 Å². The van der Waals surface area contributed by atoms with E-state index in [1.54, 1.807) is 7.11 Å². The Balaban J connectivity index is 1.70. The van der Waals surface area contributed by atoms with Crippen molar-refractivity contribution in [3.8, 4) is 0 Å². The number of nitrogens with one attached hydrogen (secondary N) is 2. The van der Waals surface area contributed by atoms with Crippen LogP contribution in [-0.4, -0.2) is 34.5 Å². The molecule has 0 radical (unpaired) electrons. The Bertz CT molecular complexity index is 1080. The number of aliphatic imine (C=N–C) groups is 1. The smallest absolute Gasteiger partial charge is 0.146 e. The predicted octanol–water partition coefficient (Wildman–Crippen LogP) is 4.41. The Morgan fingerprint density at radius 2 is 2.00 bits per heavy atom. The summed E-state index contributed by atoms with van der Waals surface area (Å²) in [7, 11) is 1.67. The topological polar surface area (TPSA) is 73.4 Å². The fourth-order valence-corrected chi connectivity index (χ4v) is 3.76. The number of aromatic nitrogens is 2. The van der Waals surface area contributed by atoms with Crippen molar-refractivity contribution in [1.29, 1.82) is 0 Å². The number of para-hydroxylation sites is 1. The fourth-order valence-electron chi connectivity index (χ4n) is 3.76. The second kappa shape index (κ2) is 7.52. The molecule has 0 saturated heterocycles. The Morgan fingerprint density at radius 1 is 1.18 bits per heavy atom. The van der Waals surface area contributed by atoms with Gasteiger partial charge in [0.15, 0.2) is 0 Å². The van der Waals surface area contributed by atoms with Gasteiger partial charge in [-0.3, -0.25) is 0 Å². The number of aliphatic hydroxyl groups excluding tert-OH is 1. The Labute approximate surface area is 164 Å². The molecule has 4 rings (SSSR count). The molecule has 3 aromatic rings. The number of allylic oxidation sites excluding steroid dienone is 1. The van der Waals surface area contributed by atoms with Gasteiger partial charge in [0.2, 0.25) is 0 Å². The molecule has 28 heavy (non-hydrogen) atoms. The van der Waals surface area contributed by atoms with E-state index in [-0.39, 0.29) is 6.61 Å². The molecular weight excluding hydrogens is 350 g/mol. The number of aromatic amines is 2. The van der Waals surface area contributed by atoms with Crippen molar-refractivity contribution in [2.75, 3.05) is 13.7 Å². The average Bonchev–Trinajstić information content (AvgIpc) is 3.37. The number of hydrogen-bond acceptors (Lipinski definition) is 3. The minimum atomic E-state index is 0.204. The summed E-state index contributed by atoms with van der Waals surface area (Å²) in [6, 6.07) is 10.3. The number of hydrogen-bond donors (Lipinski definition) is 3. The molecule has 3 heterocycles. The molecule has 0 bridgehead atoms. The van der Waals surface area contributed by atoms with E-state index in [1.165, 1.54) is 11.1 Å². The van der Waals surface area contributed by atoms with Crippen LogP contribution in [0.2, 0.25) is 0 Å². The third-order valence-corrected chi connectivity index (χ3v) is 5.28. The molecule has 3 N–H and O–H groups in total. The number of nitrogens with zero attached hydrogens (tertiary/aromatic N) is 1. The van der Waals surface area contributed by atoms with Crippen LogP contribution in [0.5, 0.6) is 0 Å².